The van der Waals surface area contributed by atoms with Gasteiger partial charge < -0.3 is 0 Å². The quantitative estimate of drug-likeness (QED) is 0.271. The molecule has 2 aromatic rings. The van der Waals surface area contributed by atoms with Gasteiger partial charge in [-0.25, -0.2) is 4.99 Å². The molecule has 0 unspecified atom stereocenters. The third-order valence-electron chi connectivity index (χ3n) is 2.91. The second kappa shape index (κ2) is 10.7. The van der Waals surface area contributed by atoms with Gasteiger partial charge in [0.2, 0.25) is 0 Å². The maximum Gasteiger partial charge on any atom is 0.131 e. The molecule has 0 saturated heterocycles. The summed E-state index contributed by atoms with van der Waals surface area (Å²) in [5.41, 5.74) is 2.05. The molecule has 0 aliphatic heterocycles. The van der Waals surface area contributed by atoms with Crippen LogP contribution in [0.25, 0.3) is 0 Å². The summed E-state index contributed by atoms with van der Waals surface area (Å²) in [6.45, 7) is 4.41. The van der Waals surface area contributed by atoms with Crippen molar-refractivity contribution in [2.75, 3.05) is 5.08 Å². The van der Waals surface area contributed by atoms with Crippen molar-refractivity contribution in [1.82, 2.24) is 0 Å². The molecule has 1 nitrogen and oxygen atoms in total. The van der Waals surface area contributed by atoms with Crippen LogP contribution in [0.2, 0.25) is 10.0 Å². The summed E-state index contributed by atoms with van der Waals surface area (Å²) in [7, 11) is 0. The molecule has 0 heterocycles. The molecule has 0 aliphatic carbocycles. The highest BCUT2D eigenvalue weighted by atomic mass is 35.5. The van der Waals surface area contributed by atoms with Crippen LogP contribution in [0.3, 0.4) is 0 Å². The predicted molar refractivity (Wildman–Crippen MR) is 116 cm³/mol. The summed E-state index contributed by atoms with van der Waals surface area (Å²) >= 11 is 17.6. The predicted octanol–water partition coefficient (Wildman–Crippen LogP) is 7.75. The lowest BCUT2D eigenvalue weighted by Gasteiger charge is -2.09. The second-order valence-electron chi connectivity index (χ2n) is 5.23. The van der Waals surface area contributed by atoms with Gasteiger partial charge in [-0.3, -0.25) is 0 Å². The average Bonchev–Trinajstić information content (AvgIpc) is 2.55. The molecule has 0 saturated carbocycles. The third kappa shape index (κ3) is 7.32. The van der Waals surface area contributed by atoms with Crippen LogP contribution in [-0.2, 0) is 5.75 Å². The van der Waals surface area contributed by atoms with Crippen LogP contribution in [-0.4, -0.2) is 14.7 Å². The number of nitrogens with zero attached hydrogens (tertiary/aromatic N) is 1. The minimum absolute atomic E-state index is 0.581. The first-order valence-corrected chi connectivity index (χ1v) is 11.3. The maximum atomic E-state index is 6.26. The zero-order valence-corrected chi connectivity index (χ0v) is 17.5. The van der Waals surface area contributed by atoms with Gasteiger partial charge in [0, 0.05) is 15.9 Å². The number of benzene rings is 2. The standard InChI is InChI=1S/C18H19Cl2NS3/c1-13(2)23-12-24-18(22-11-14-6-4-3-5-7-14)21-17-9-8-15(19)10-16(17)20/h3-10,13H,11-12H2,1-2H3. The van der Waals surface area contributed by atoms with Crippen LogP contribution < -0.4 is 0 Å². The summed E-state index contributed by atoms with van der Waals surface area (Å²) in [5.74, 6) is 0.893. The number of hydrogen-bond donors (Lipinski definition) is 0. The topological polar surface area (TPSA) is 12.4 Å². The smallest absolute Gasteiger partial charge is 0.131 e. The van der Waals surface area contributed by atoms with Crippen molar-refractivity contribution in [2.24, 2.45) is 4.99 Å². The van der Waals surface area contributed by atoms with Gasteiger partial charge in [0.1, 0.15) is 4.38 Å². The number of hydrogen-bond acceptors (Lipinski definition) is 4. The number of thioether (sulfide) groups is 3. The Morgan fingerprint density at radius 1 is 1.04 bits per heavy atom. The van der Waals surface area contributed by atoms with Gasteiger partial charge in [-0.15, -0.1) is 11.8 Å². The Labute approximate surface area is 167 Å². The molecule has 6 heteroatoms. The number of halogens is 2. The Morgan fingerprint density at radius 2 is 1.79 bits per heavy atom. The summed E-state index contributed by atoms with van der Waals surface area (Å²) < 4.78 is 1.02. The van der Waals surface area contributed by atoms with E-state index in [1.165, 1.54) is 5.56 Å². The molecular formula is C18H19Cl2NS3. The van der Waals surface area contributed by atoms with Gasteiger partial charge in [-0.2, -0.15) is 0 Å². The SMILES string of the molecule is CC(C)SCSC(=Nc1ccc(Cl)cc1Cl)SCc1ccccc1. The van der Waals surface area contributed by atoms with Gasteiger partial charge in [0.25, 0.3) is 0 Å². The first-order valence-electron chi connectivity index (χ1n) is 7.49. The lowest BCUT2D eigenvalue weighted by molar-refractivity contribution is 1.12. The average molecular weight is 416 g/mol. The second-order valence-corrected chi connectivity index (χ2v) is 10.2. The molecule has 0 aromatic heterocycles. The highest BCUT2D eigenvalue weighted by Gasteiger charge is 2.07. The van der Waals surface area contributed by atoms with E-state index >= 15 is 0 Å². The Morgan fingerprint density at radius 3 is 2.46 bits per heavy atom. The monoisotopic (exact) mass is 415 g/mol. The molecule has 0 radical (unpaired) electrons. The van der Waals surface area contributed by atoms with E-state index in [9.17, 15) is 0 Å². The molecule has 0 bridgehead atoms. The zero-order valence-electron chi connectivity index (χ0n) is 13.5. The molecule has 2 rings (SSSR count). The Kier molecular flexibility index (Phi) is 8.92. The summed E-state index contributed by atoms with van der Waals surface area (Å²) in [5, 5.41) is 2.79. The Hall–Kier alpha value is -0.260. The summed E-state index contributed by atoms with van der Waals surface area (Å²) in [4.78, 5) is 4.75. The molecule has 0 amide bonds. The van der Waals surface area contributed by atoms with Crippen molar-refractivity contribution < 1.29 is 0 Å². The fourth-order valence-corrected chi connectivity index (χ4v) is 5.68. The minimum atomic E-state index is 0.581. The molecular weight excluding hydrogens is 397 g/mol. The number of rotatable bonds is 6. The first-order chi connectivity index (χ1) is 11.5. The molecule has 0 N–H and O–H groups in total. The van der Waals surface area contributed by atoms with E-state index in [0.29, 0.717) is 15.3 Å². The first kappa shape index (κ1) is 20.1. The fourth-order valence-electron chi connectivity index (χ4n) is 1.72. The molecule has 0 spiro atoms. The van der Waals surface area contributed by atoms with Crippen molar-refractivity contribution in [1.29, 1.82) is 0 Å². The van der Waals surface area contributed by atoms with Crippen molar-refractivity contribution in [2.45, 2.75) is 24.9 Å². The largest absolute Gasteiger partial charge is 0.233 e. The molecule has 0 fully saturated rings. The normalized spacial score (nSPS) is 12.0. The van der Waals surface area contributed by atoms with Gasteiger partial charge in [-0.05, 0) is 29.0 Å². The highest BCUT2D eigenvalue weighted by Crippen LogP contribution is 2.33. The third-order valence-corrected chi connectivity index (χ3v) is 6.99. The molecule has 0 atom stereocenters. The van der Waals surface area contributed by atoms with Crippen LogP contribution in [0, 0.1) is 0 Å². The van der Waals surface area contributed by atoms with Crippen LogP contribution in [0.4, 0.5) is 5.69 Å². The Bertz CT molecular complexity index is 675. The van der Waals surface area contributed by atoms with Crippen molar-refractivity contribution >= 4 is 68.6 Å². The lowest BCUT2D eigenvalue weighted by atomic mass is 10.2. The van der Waals surface area contributed by atoms with E-state index in [1.54, 1.807) is 29.6 Å². The van der Waals surface area contributed by atoms with Crippen molar-refractivity contribution in [3.63, 3.8) is 0 Å². The fraction of sp³-hybridized carbons (Fsp3) is 0.278. The molecule has 0 aliphatic rings. The van der Waals surface area contributed by atoms with E-state index in [1.807, 2.05) is 30.0 Å². The Balaban J connectivity index is 2.10. The molecule has 24 heavy (non-hydrogen) atoms. The van der Waals surface area contributed by atoms with Crippen LogP contribution >= 0.6 is 58.5 Å². The van der Waals surface area contributed by atoms with Gasteiger partial charge >= 0.3 is 0 Å². The van der Waals surface area contributed by atoms with E-state index in [2.05, 4.69) is 38.1 Å². The molecule has 128 valence electrons. The number of aliphatic imine (C=N–C) groups is 1. The summed E-state index contributed by atoms with van der Waals surface area (Å²) in [6.07, 6.45) is 0. The van der Waals surface area contributed by atoms with Gasteiger partial charge in [0.05, 0.1) is 10.7 Å². The minimum Gasteiger partial charge on any atom is -0.233 e. The van der Waals surface area contributed by atoms with Crippen LogP contribution in [0.15, 0.2) is 53.5 Å². The van der Waals surface area contributed by atoms with Gasteiger partial charge in [0.15, 0.2) is 0 Å². The van der Waals surface area contributed by atoms with Crippen LogP contribution in [0.1, 0.15) is 19.4 Å². The highest BCUT2D eigenvalue weighted by molar-refractivity contribution is 8.41. The van der Waals surface area contributed by atoms with E-state index < -0.39 is 0 Å². The van der Waals surface area contributed by atoms with Gasteiger partial charge in [-0.1, -0.05) is 90.9 Å². The summed E-state index contributed by atoms with van der Waals surface area (Å²) in [6, 6.07) is 15.8. The maximum absolute atomic E-state index is 6.26. The van der Waals surface area contributed by atoms with E-state index in [-0.39, 0.29) is 0 Å². The van der Waals surface area contributed by atoms with Crippen LogP contribution in [0.5, 0.6) is 0 Å². The van der Waals surface area contributed by atoms with E-state index in [4.69, 9.17) is 28.2 Å². The molecule has 2 aromatic carbocycles. The van der Waals surface area contributed by atoms with E-state index in [0.717, 1.165) is 20.9 Å². The zero-order chi connectivity index (χ0) is 17.4. The van der Waals surface area contributed by atoms with Crippen molar-refractivity contribution in [3.05, 3.63) is 64.1 Å². The van der Waals surface area contributed by atoms with Crippen molar-refractivity contribution in [3.8, 4) is 0 Å². The lowest BCUT2D eigenvalue weighted by Crippen LogP contribution is -1.92.